The summed E-state index contributed by atoms with van der Waals surface area (Å²) in [5.74, 6) is 0.702. The highest BCUT2D eigenvalue weighted by Crippen LogP contribution is 2.14. The SMILES string of the molecule is Cc1nc(N)nc(CC(C)C)c1C#N. The molecule has 0 aromatic carbocycles. The Balaban J connectivity index is 3.20. The maximum Gasteiger partial charge on any atom is 0.220 e. The van der Waals surface area contributed by atoms with E-state index in [1.54, 1.807) is 6.92 Å². The highest BCUT2D eigenvalue weighted by atomic mass is 15.0. The molecule has 0 spiro atoms. The van der Waals surface area contributed by atoms with Crippen molar-refractivity contribution >= 4 is 5.95 Å². The van der Waals surface area contributed by atoms with Crippen LogP contribution in [0.15, 0.2) is 0 Å². The Morgan fingerprint density at radius 2 is 2.07 bits per heavy atom. The molecular formula is C10H14N4. The summed E-state index contributed by atoms with van der Waals surface area (Å²) in [4.78, 5) is 8.05. The maximum absolute atomic E-state index is 8.93. The van der Waals surface area contributed by atoms with Gasteiger partial charge >= 0.3 is 0 Å². The minimum Gasteiger partial charge on any atom is -0.368 e. The first-order valence-electron chi connectivity index (χ1n) is 4.57. The van der Waals surface area contributed by atoms with Crippen LogP contribution in [0.2, 0.25) is 0 Å². The number of nitrogen functional groups attached to an aromatic ring is 1. The van der Waals surface area contributed by atoms with E-state index in [-0.39, 0.29) is 5.95 Å². The number of nitrogens with zero attached hydrogens (tertiary/aromatic N) is 3. The lowest BCUT2D eigenvalue weighted by Crippen LogP contribution is -2.07. The third-order valence-corrected chi connectivity index (χ3v) is 1.90. The van der Waals surface area contributed by atoms with Gasteiger partial charge in [0.15, 0.2) is 0 Å². The van der Waals surface area contributed by atoms with Crippen molar-refractivity contribution in [2.24, 2.45) is 5.92 Å². The maximum atomic E-state index is 8.93. The topological polar surface area (TPSA) is 75.6 Å². The van der Waals surface area contributed by atoms with Crippen LogP contribution in [0.1, 0.15) is 30.8 Å². The molecule has 4 nitrogen and oxygen atoms in total. The van der Waals surface area contributed by atoms with E-state index < -0.39 is 0 Å². The highest BCUT2D eigenvalue weighted by molar-refractivity contribution is 5.40. The van der Waals surface area contributed by atoms with E-state index in [2.05, 4.69) is 29.9 Å². The van der Waals surface area contributed by atoms with Gasteiger partial charge in [0.1, 0.15) is 6.07 Å². The Morgan fingerprint density at radius 1 is 1.43 bits per heavy atom. The summed E-state index contributed by atoms with van der Waals surface area (Å²) >= 11 is 0. The summed E-state index contributed by atoms with van der Waals surface area (Å²) in [7, 11) is 0. The normalized spacial score (nSPS) is 10.2. The van der Waals surface area contributed by atoms with Crippen molar-refractivity contribution in [1.29, 1.82) is 5.26 Å². The number of nitriles is 1. The summed E-state index contributed by atoms with van der Waals surface area (Å²) < 4.78 is 0. The van der Waals surface area contributed by atoms with Crippen LogP contribution in [0.5, 0.6) is 0 Å². The predicted octanol–water partition coefficient (Wildman–Crippen LogP) is 1.44. The second-order valence-electron chi connectivity index (χ2n) is 3.70. The highest BCUT2D eigenvalue weighted by Gasteiger charge is 2.11. The van der Waals surface area contributed by atoms with Crippen LogP contribution < -0.4 is 5.73 Å². The van der Waals surface area contributed by atoms with Gasteiger partial charge in [0, 0.05) is 0 Å². The molecule has 4 heteroatoms. The van der Waals surface area contributed by atoms with Crippen LogP contribution in [-0.4, -0.2) is 9.97 Å². The molecule has 14 heavy (non-hydrogen) atoms. The zero-order valence-electron chi connectivity index (χ0n) is 8.70. The van der Waals surface area contributed by atoms with E-state index in [4.69, 9.17) is 11.0 Å². The molecule has 2 N–H and O–H groups in total. The quantitative estimate of drug-likeness (QED) is 0.765. The molecule has 74 valence electrons. The molecule has 0 fully saturated rings. The molecule has 0 saturated carbocycles. The average Bonchev–Trinajstić information content (AvgIpc) is 2.01. The monoisotopic (exact) mass is 190 g/mol. The van der Waals surface area contributed by atoms with E-state index in [0.29, 0.717) is 17.2 Å². The molecule has 1 heterocycles. The van der Waals surface area contributed by atoms with Crippen molar-refractivity contribution in [2.45, 2.75) is 27.2 Å². The second-order valence-corrected chi connectivity index (χ2v) is 3.70. The zero-order chi connectivity index (χ0) is 10.7. The fourth-order valence-electron chi connectivity index (χ4n) is 1.34. The van der Waals surface area contributed by atoms with E-state index in [1.807, 2.05) is 0 Å². The number of rotatable bonds is 2. The van der Waals surface area contributed by atoms with Crippen molar-refractivity contribution in [3.05, 3.63) is 17.0 Å². The molecule has 0 atom stereocenters. The molecule has 1 aromatic heterocycles. The first kappa shape index (κ1) is 10.5. The lowest BCUT2D eigenvalue weighted by molar-refractivity contribution is 0.632. The Morgan fingerprint density at radius 3 is 2.57 bits per heavy atom. The number of aryl methyl sites for hydroxylation is 1. The van der Waals surface area contributed by atoms with Crippen LogP contribution in [0.25, 0.3) is 0 Å². The number of hydrogen-bond acceptors (Lipinski definition) is 4. The fourth-order valence-corrected chi connectivity index (χ4v) is 1.34. The van der Waals surface area contributed by atoms with Crippen molar-refractivity contribution in [3.8, 4) is 6.07 Å². The minimum atomic E-state index is 0.247. The Labute approximate surface area is 83.8 Å². The van der Waals surface area contributed by atoms with E-state index >= 15 is 0 Å². The van der Waals surface area contributed by atoms with Crippen molar-refractivity contribution in [2.75, 3.05) is 5.73 Å². The first-order valence-corrected chi connectivity index (χ1v) is 4.57. The van der Waals surface area contributed by atoms with Gasteiger partial charge in [-0.15, -0.1) is 0 Å². The van der Waals surface area contributed by atoms with Gasteiger partial charge < -0.3 is 5.73 Å². The van der Waals surface area contributed by atoms with Crippen LogP contribution in [0, 0.1) is 24.2 Å². The summed E-state index contributed by atoms with van der Waals surface area (Å²) in [6.07, 6.45) is 0.760. The minimum absolute atomic E-state index is 0.247. The van der Waals surface area contributed by atoms with Gasteiger partial charge in [-0.2, -0.15) is 5.26 Å². The van der Waals surface area contributed by atoms with Gasteiger partial charge in [-0.3, -0.25) is 0 Å². The van der Waals surface area contributed by atoms with E-state index in [1.165, 1.54) is 0 Å². The molecule has 0 amide bonds. The second kappa shape index (κ2) is 4.05. The summed E-state index contributed by atoms with van der Waals surface area (Å²) in [6.45, 7) is 5.93. The summed E-state index contributed by atoms with van der Waals surface area (Å²) in [6, 6.07) is 2.12. The molecule has 0 unspecified atom stereocenters. The molecule has 0 saturated heterocycles. The summed E-state index contributed by atoms with van der Waals surface area (Å²) in [5, 5.41) is 8.93. The number of hydrogen-bond donors (Lipinski definition) is 1. The Kier molecular flexibility index (Phi) is 3.03. The molecule has 0 radical (unpaired) electrons. The first-order chi connectivity index (χ1) is 6.54. The molecule has 0 bridgehead atoms. The molecule has 1 aromatic rings. The van der Waals surface area contributed by atoms with E-state index in [0.717, 1.165) is 12.1 Å². The van der Waals surface area contributed by atoms with Crippen LogP contribution in [0.4, 0.5) is 5.95 Å². The Bertz CT molecular complexity index is 376. The van der Waals surface area contributed by atoms with Gasteiger partial charge in [-0.05, 0) is 19.3 Å². The number of aromatic nitrogens is 2. The van der Waals surface area contributed by atoms with Crippen molar-refractivity contribution < 1.29 is 0 Å². The van der Waals surface area contributed by atoms with Crippen LogP contribution in [-0.2, 0) is 6.42 Å². The summed E-state index contributed by atoms with van der Waals surface area (Å²) in [5.41, 5.74) is 7.51. The van der Waals surface area contributed by atoms with Crippen LogP contribution in [0.3, 0.4) is 0 Å². The van der Waals surface area contributed by atoms with Gasteiger partial charge in [0.25, 0.3) is 0 Å². The molecule has 0 aliphatic carbocycles. The van der Waals surface area contributed by atoms with Crippen molar-refractivity contribution in [3.63, 3.8) is 0 Å². The smallest absolute Gasteiger partial charge is 0.220 e. The fraction of sp³-hybridized carbons (Fsp3) is 0.500. The predicted molar refractivity (Wildman–Crippen MR) is 54.4 cm³/mol. The number of anilines is 1. The Hall–Kier alpha value is -1.63. The van der Waals surface area contributed by atoms with Gasteiger partial charge in [-0.1, -0.05) is 13.8 Å². The third kappa shape index (κ3) is 2.19. The third-order valence-electron chi connectivity index (χ3n) is 1.90. The van der Waals surface area contributed by atoms with Gasteiger partial charge in [0.2, 0.25) is 5.95 Å². The lowest BCUT2D eigenvalue weighted by atomic mass is 10.0. The molecule has 1 rings (SSSR count). The molecule has 0 aliphatic rings. The van der Waals surface area contributed by atoms with Gasteiger partial charge in [-0.25, -0.2) is 9.97 Å². The lowest BCUT2D eigenvalue weighted by Gasteiger charge is -2.08. The standard InChI is InChI=1S/C10H14N4/c1-6(2)4-9-8(5-11)7(3)13-10(12)14-9/h6H,4H2,1-3H3,(H2,12,13,14). The van der Waals surface area contributed by atoms with Gasteiger partial charge in [0.05, 0.1) is 17.0 Å². The largest absolute Gasteiger partial charge is 0.368 e. The van der Waals surface area contributed by atoms with Crippen LogP contribution >= 0.6 is 0 Å². The zero-order valence-corrected chi connectivity index (χ0v) is 8.70. The number of nitrogens with two attached hydrogens (primary N) is 1. The van der Waals surface area contributed by atoms with E-state index in [9.17, 15) is 0 Å². The van der Waals surface area contributed by atoms with Crippen molar-refractivity contribution in [1.82, 2.24) is 9.97 Å². The molecule has 0 aliphatic heterocycles. The molecular weight excluding hydrogens is 176 g/mol. The average molecular weight is 190 g/mol.